The van der Waals surface area contributed by atoms with Gasteiger partial charge in [-0.15, -0.1) is 0 Å². The molecule has 0 saturated carbocycles. The number of hydrogen-bond acceptors (Lipinski definition) is 2. The summed E-state index contributed by atoms with van der Waals surface area (Å²) in [7, 11) is 3.55. The van der Waals surface area contributed by atoms with Crippen LogP contribution in [0.25, 0.3) is 0 Å². The van der Waals surface area contributed by atoms with Crippen molar-refractivity contribution in [3.63, 3.8) is 0 Å². The van der Waals surface area contributed by atoms with Crippen molar-refractivity contribution in [1.29, 1.82) is 0 Å². The van der Waals surface area contributed by atoms with Crippen molar-refractivity contribution in [1.82, 2.24) is 4.57 Å². The number of aryl methyl sites for hydroxylation is 1. The Hall–Kier alpha value is -1.25. The van der Waals surface area contributed by atoms with Crippen LogP contribution in [-0.4, -0.2) is 11.6 Å². The molecule has 0 bridgehead atoms. The minimum atomic E-state index is 0.0526. The van der Waals surface area contributed by atoms with Crippen LogP contribution in [0.4, 0.5) is 5.82 Å². The lowest BCUT2D eigenvalue weighted by Gasteiger charge is -2.06. The van der Waals surface area contributed by atoms with Crippen LogP contribution in [0, 0.1) is 6.92 Å². The van der Waals surface area contributed by atoms with Crippen molar-refractivity contribution in [3.8, 4) is 0 Å². The molecule has 60 valence electrons. The predicted molar refractivity (Wildman–Crippen MR) is 46.0 cm³/mol. The molecule has 0 fully saturated rings. The smallest absolute Gasteiger partial charge is 0.254 e. The third-order valence-corrected chi connectivity index (χ3v) is 1.75. The summed E-state index contributed by atoms with van der Waals surface area (Å²) in [4.78, 5) is 11.3. The zero-order valence-corrected chi connectivity index (χ0v) is 7.01. The molecule has 0 aliphatic heterocycles. The number of hydrogen-bond donors (Lipinski definition) is 1. The highest BCUT2D eigenvalue weighted by atomic mass is 16.1. The summed E-state index contributed by atoms with van der Waals surface area (Å²) in [5.74, 6) is 0.834. The van der Waals surface area contributed by atoms with E-state index in [1.807, 2.05) is 19.1 Å². The van der Waals surface area contributed by atoms with E-state index in [9.17, 15) is 4.79 Å². The van der Waals surface area contributed by atoms with E-state index >= 15 is 0 Å². The van der Waals surface area contributed by atoms with E-state index < -0.39 is 0 Å². The number of pyridine rings is 1. The Morgan fingerprint density at radius 1 is 1.45 bits per heavy atom. The number of anilines is 1. The predicted octanol–water partition coefficient (Wildman–Crippen LogP) is 0.735. The van der Waals surface area contributed by atoms with Gasteiger partial charge < -0.3 is 5.32 Å². The van der Waals surface area contributed by atoms with Crippen molar-refractivity contribution in [2.45, 2.75) is 6.92 Å². The van der Waals surface area contributed by atoms with Crippen molar-refractivity contribution in [2.24, 2.45) is 7.05 Å². The van der Waals surface area contributed by atoms with Crippen LogP contribution in [0.3, 0.4) is 0 Å². The Balaban J connectivity index is 3.37. The van der Waals surface area contributed by atoms with Gasteiger partial charge in [0.15, 0.2) is 0 Å². The summed E-state index contributed by atoms with van der Waals surface area (Å²) in [6.45, 7) is 1.81. The maximum atomic E-state index is 11.3. The Bertz CT molecular complexity index is 314. The summed E-state index contributed by atoms with van der Waals surface area (Å²) >= 11 is 0. The van der Waals surface area contributed by atoms with E-state index in [1.165, 1.54) is 0 Å². The zero-order chi connectivity index (χ0) is 8.43. The van der Waals surface area contributed by atoms with Crippen molar-refractivity contribution in [3.05, 3.63) is 28.0 Å². The maximum Gasteiger partial charge on any atom is 0.254 e. The lowest BCUT2D eigenvalue weighted by atomic mass is 10.3. The normalized spacial score (nSPS) is 9.73. The molecule has 3 nitrogen and oxygen atoms in total. The number of rotatable bonds is 1. The summed E-state index contributed by atoms with van der Waals surface area (Å²) in [5, 5.41) is 2.93. The zero-order valence-electron chi connectivity index (χ0n) is 7.01. The number of nitrogens with one attached hydrogen (secondary N) is 1. The molecule has 0 amide bonds. The topological polar surface area (TPSA) is 34.0 Å². The van der Waals surface area contributed by atoms with Crippen molar-refractivity contribution < 1.29 is 0 Å². The van der Waals surface area contributed by atoms with E-state index in [-0.39, 0.29) is 5.56 Å². The molecule has 0 spiro atoms. The molecular weight excluding hydrogens is 140 g/mol. The number of nitrogens with zero attached hydrogens (tertiary/aromatic N) is 1. The summed E-state index contributed by atoms with van der Waals surface area (Å²) in [6.07, 6.45) is 0. The molecule has 0 aromatic carbocycles. The first kappa shape index (κ1) is 7.85. The largest absolute Gasteiger partial charge is 0.374 e. The van der Waals surface area contributed by atoms with Crippen LogP contribution < -0.4 is 10.9 Å². The second-order valence-corrected chi connectivity index (χ2v) is 2.52. The van der Waals surface area contributed by atoms with Gasteiger partial charge in [-0.2, -0.15) is 0 Å². The SMILES string of the molecule is CNc1ccc(C)c(=O)n1C. The first-order valence-corrected chi connectivity index (χ1v) is 3.51. The molecule has 0 saturated heterocycles. The average molecular weight is 152 g/mol. The molecule has 0 aliphatic carbocycles. The monoisotopic (exact) mass is 152 g/mol. The van der Waals surface area contributed by atoms with E-state index in [0.717, 1.165) is 11.4 Å². The quantitative estimate of drug-likeness (QED) is 0.644. The Morgan fingerprint density at radius 2 is 2.09 bits per heavy atom. The maximum absolute atomic E-state index is 11.3. The third kappa shape index (κ3) is 1.27. The van der Waals surface area contributed by atoms with Gasteiger partial charge >= 0.3 is 0 Å². The van der Waals surface area contributed by atoms with Crippen LogP contribution in [0.5, 0.6) is 0 Å². The van der Waals surface area contributed by atoms with Crippen LogP contribution in [0.2, 0.25) is 0 Å². The van der Waals surface area contributed by atoms with Gasteiger partial charge in [-0.3, -0.25) is 9.36 Å². The highest BCUT2D eigenvalue weighted by Gasteiger charge is 1.98. The summed E-state index contributed by atoms with van der Waals surface area (Å²) in [5.41, 5.74) is 0.823. The Morgan fingerprint density at radius 3 is 2.64 bits per heavy atom. The van der Waals surface area contributed by atoms with Crippen LogP contribution in [0.15, 0.2) is 16.9 Å². The van der Waals surface area contributed by atoms with Gasteiger partial charge in [0.2, 0.25) is 0 Å². The molecule has 1 aromatic rings. The van der Waals surface area contributed by atoms with Crippen molar-refractivity contribution in [2.75, 3.05) is 12.4 Å². The highest BCUT2D eigenvalue weighted by Crippen LogP contribution is 2.01. The van der Waals surface area contributed by atoms with Gasteiger partial charge in [0.05, 0.1) is 0 Å². The van der Waals surface area contributed by atoms with Gasteiger partial charge in [0.25, 0.3) is 5.56 Å². The minimum absolute atomic E-state index is 0.0526. The van der Waals surface area contributed by atoms with E-state index in [4.69, 9.17) is 0 Å². The van der Waals surface area contributed by atoms with Crippen LogP contribution in [-0.2, 0) is 7.05 Å². The fourth-order valence-electron chi connectivity index (χ4n) is 1.01. The molecule has 1 aromatic heterocycles. The number of aromatic nitrogens is 1. The Kier molecular flexibility index (Phi) is 1.98. The van der Waals surface area contributed by atoms with Gasteiger partial charge in [-0.1, -0.05) is 6.07 Å². The van der Waals surface area contributed by atoms with Gasteiger partial charge in [-0.05, 0) is 13.0 Å². The highest BCUT2D eigenvalue weighted by molar-refractivity contribution is 5.35. The lowest BCUT2D eigenvalue weighted by Crippen LogP contribution is -2.20. The van der Waals surface area contributed by atoms with Crippen LogP contribution >= 0.6 is 0 Å². The molecule has 11 heavy (non-hydrogen) atoms. The third-order valence-electron chi connectivity index (χ3n) is 1.75. The van der Waals surface area contributed by atoms with E-state index in [2.05, 4.69) is 5.32 Å². The molecule has 3 heteroatoms. The van der Waals surface area contributed by atoms with E-state index in [0.29, 0.717) is 0 Å². The second kappa shape index (κ2) is 2.78. The second-order valence-electron chi connectivity index (χ2n) is 2.52. The first-order chi connectivity index (χ1) is 5.16. The van der Waals surface area contributed by atoms with Gasteiger partial charge in [0.1, 0.15) is 5.82 Å². The first-order valence-electron chi connectivity index (χ1n) is 3.51. The molecule has 1 heterocycles. The molecule has 1 N–H and O–H groups in total. The fraction of sp³-hybridized carbons (Fsp3) is 0.375. The fourth-order valence-corrected chi connectivity index (χ4v) is 1.01. The van der Waals surface area contributed by atoms with Gasteiger partial charge in [0, 0.05) is 19.7 Å². The standard InChI is InChI=1S/C8H12N2O/c1-6-4-5-7(9-2)10(3)8(6)11/h4-5,9H,1-3H3. The van der Waals surface area contributed by atoms with Crippen molar-refractivity contribution >= 4 is 5.82 Å². The minimum Gasteiger partial charge on any atom is -0.374 e. The lowest BCUT2D eigenvalue weighted by molar-refractivity contribution is 0.856. The average Bonchev–Trinajstić information content (AvgIpc) is 2.01. The van der Waals surface area contributed by atoms with E-state index in [1.54, 1.807) is 18.7 Å². The summed E-state index contributed by atoms with van der Waals surface area (Å²) < 4.78 is 1.59. The van der Waals surface area contributed by atoms with Gasteiger partial charge in [-0.25, -0.2) is 0 Å². The van der Waals surface area contributed by atoms with Crippen LogP contribution in [0.1, 0.15) is 5.56 Å². The molecule has 0 unspecified atom stereocenters. The molecule has 0 aliphatic rings. The molecule has 1 rings (SSSR count). The molecule has 0 atom stereocenters. The molecule has 0 radical (unpaired) electrons. The Labute approximate surface area is 65.7 Å². The summed E-state index contributed by atoms with van der Waals surface area (Å²) in [6, 6.07) is 3.70. The molecular formula is C8H12N2O.